The van der Waals surface area contributed by atoms with E-state index < -0.39 is 0 Å². The minimum atomic E-state index is -0.246. The number of hydrogen-bond acceptors (Lipinski definition) is 3. The van der Waals surface area contributed by atoms with Gasteiger partial charge in [-0.2, -0.15) is 0 Å². The predicted octanol–water partition coefficient (Wildman–Crippen LogP) is 1.38. The standard InChI is InChI=1S/C14H22N2O3/c1-11(9-17)8-15-14(18)16-12(2)10-19-13-6-4-3-5-7-13/h3-7,11-12,17H,8-10H2,1-2H3,(H2,15,16,18)/t11-,12-/m0/s1. The van der Waals surface area contributed by atoms with E-state index in [2.05, 4.69) is 10.6 Å². The van der Waals surface area contributed by atoms with Crippen LogP contribution in [0.4, 0.5) is 4.79 Å². The number of benzene rings is 1. The summed E-state index contributed by atoms with van der Waals surface area (Å²) >= 11 is 0. The first-order chi connectivity index (χ1) is 9.11. The smallest absolute Gasteiger partial charge is 0.315 e. The Morgan fingerprint density at radius 1 is 1.32 bits per heavy atom. The molecule has 5 heteroatoms. The summed E-state index contributed by atoms with van der Waals surface area (Å²) in [5, 5.41) is 14.3. The van der Waals surface area contributed by atoms with E-state index in [4.69, 9.17) is 9.84 Å². The molecule has 1 rings (SSSR count). The van der Waals surface area contributed by atoms with Gasteiger partial charge in [0.1, 0.15) is 12.4 Å². The van der Waals surface area contributed by atoms with Crippen molar-refractivity contribution in [3.8, 4) is 5.75 Å². The molecular formula is C14H22N2O3. The van der Waals surface area contributed by atoms with Gasteiger partial charge in [0.25, 0.3) is 0 Å². The SMILES string of the molecule is C[C@H](CO)CNC(=O)N[C@@H](C)COc1ccccc1. The Bertz CT molecular complexity index is 370. The maximum absolute atomic E-state index is 11.5. The van der Waals surface area contributed by atoms with Crippen molar-refractivity contribution in [1.29, 1.82) is 0 Å². The van der Waals surface area contributed by atoms with E-state index in [0.29, 0.717) is 13.2 Å². The van der Waals surface area contributed by atoms with Gasteiger partial charge in [0.2, 0.25) is 0 Å². The van der Waals surface area contributed by atoms with Gasteiger partial charge in [0, 0.05) is 13.2 Å². The first kappa shape index (κ1) is 15.3. The van der Waals surface area contributed by atoms with Gasteiger partial charge in [-0.25, -0.2) is 4.79 Å². The van der Waals surface area contributed by atoms with Crippen molar-refractivity contribution in [2.75, 3.05) is 19.8 Å². The van der Waals surface area contributed by atoms with Gasteiger partial charge >= 0.3 is 6.03 Å². The molecule has 19 heavy (non-hydrogen) atoms. The highest BCUT2D eigenvalue weighted by molar-refractivity contribution is 5.74. The maximum atomic E-state index is 11.5. The summed E-state index contributed by atoms with van der Waals surface area (Å²) in [5.74, 6) is 0.840. The number of urea groups is 1. The first-order valence-corrected chi connectivity index (χ1v) is 6.45. The number of hydrogen-bond donors (Lipinski definition) is 3. The van der Waals surface area contributed by atoms with E-state index in [1.54, 1.807) is 0 Å². The highest BCUT2D eigenvalue weighted by atomic mass is 16.5. The van der Waals surface area contributed by atoms with Crippen LogP contribution in [0.1, 0.15) is 13.8 Å². The lowest BCUT2D eigenvalue weighted by Crippen LogP contribution is -2.44. The Kier molecular flexibility index (Phi) is 6.74. The van der Waals surface area contributed by atoms with Crippen molar-refractivity contribution in [2.24, 2.45) is 5.92 Å². The third kappa shape index (κ3) is 6.67. The van der Waals surface area contributed by atoms with Crippen LogP contribution in [0.3, 0.4) is 0 Å². The molecule has 0 aliphatic rings. The summed E-state index contributed by atoms with van der Waals surface area (Å²) in [6.45, 7) is 4.66. The summed E-state index contributed by atoms with van der Waals surface area (Å²) in [5.41, 5.74) is 0. The number of amides is 2. The summed E-state index contributed by atoms with van der Waals surface area (Å²) < 4.78 is 5.53. The van der Waals surface area contributed by atoms with Crippen molar-refractivity contribution in [2.45, 2.75) is 19.9 Å². The van der Waals surface area contributed by atoms with Crippen LogP contribution >= 0.6 is 0 Å². The van der Waals surface area contributed by atoms with E-state index in [9.17, 15) is 4.79 Å². The lowest BCUT2D eigenvalue weighted by molar-refractivity contribution is 0.214. The van der Waals surface area contributed by atoms with E-state index >= 15 is 0 Å². The molecule has 1 aromatic carbocycles. The molecule has 0 aliphatic carbocycles. The van der Waals surface area contributed by atoms with Crippen LogP contribution in [0.5, 0.6) is 5.75 Å². The number of aliphatic hydroxyl groups is 1. The molecule has 0 fully saturated rings. The Morgan fingerprint density at radius 2 is 2.00 bits per heavy atom. The van der Waals surface area contributed by atoms with Gasteiger partial charge in [-0.15, -0.1) is 0 Å². The van der Waals surface area contributed by atoms with Gasteiger partial charge < -0.3 is 20.5 Å². The number of rotatable bonds is 7. The van der Waals surface area contributed by atoms with Crippen molar-refractivity contribution in [3.05, 3.63) is 30.3 Å². The fourth-order valence-electron chi connectivity index (χ4n) is 1.39. The van der Waals surface area contributed by atoms with Gasteiger partial charge in [-0.3, -0.25) is 0 Å². The molecule has 2 amide bonds. The molecule has 106 valence electrons. The Labute approximate surface area is 114 Å². The molecule has 0 heterocycles. The molecule has 0 spiro atoms. The van der Waals surface area contributed by atoms with Crippen LogP contribution in [-0.2, 0) is 0 Å². The zero-order chi connectivity index (χ0) is 14.1. The van der Waals surface area contributed by atoms with Crippen LogP contribution in [0.2, 0.25) is 0 Å². The van der Waals surface area contributed by atoms with Crippen LogP contribution in [0.25, 0.3) is 0 Å². The van der Waals surface area contributed by atoms with Gasteiger partial charge in [0.15, 0.2) is 0 Å². The van der Waals surface area contributed by atoms with Crippen molar-refractivity contribution in [3.63, 3.8) is 0 Å². The number of carbonyl (C=O) groups excluding carboxylic acids is 1. The Hall–Kier alpha value is -1.75. The maximum Gasteiger partial charge on any atom is 0.315 e. The lowest BCUT2D eigenvalue weighted by Gasteiger charge is -2.16. The molecule has 0 saturated carbocycles. The Morgan fingerprint density at radius 3 is 2.63 bits per heavy atom. The van der Waals surface area contributed by atoms with Crippen LogP contribution < -0.4 is 15.4 Å². The van der Waals surface area contributed by atoms with Crippen LogP contribution in [-0.4, -0.2) is 36.9 Å². The van der Waals surface area contributed by atoms with E-state index in [1.165, 1.54) is 0 Å². The zero-order valence-electron chi connectivity index (χ0n) is 11.4. The normalized spacial score (nSPS) is 13.4. The number of aliphatic hydroxyl groups excluding tert-OH is 1. The number of carbonyl (C=O) groups is 1. The average Bonchev–Trinajstić information content (AvgIpc) is 2.43. The molecule has 2 atom stereocenters. The minimum absolute atomic E-state index is 0.0571. The second kappa shape index (κ2) is 8.37. The molecule has 3 N–H and O–H groups in total. The summed E-state index contributed by atoms with van der Waals surface area (Å²) in [7, 11) is 0. The second-order valence-electron chi connectivity index (χ2n) is 4.67. The molecule has 0 bridgehead atoms. The van der Waals surface area contributed by atoms with Crippen LogP contribution in [0, 0.1) is 5.92 Å². The van der Waals surface area contributed by atoms with Crippen LogP contribution in [0.15, 0.2) is 30.3 Å². The quantitative estimate of drug-likeness (QED) is 0.698. The Balaban J connectivity index is 2.20. The summed E-state index contributed by atoms with van der Waals surface area (Å²) in [6.07, 6.45) is 0. The van der Waals surface area contributed by atoms with Crippen molar-refractivity contribution in [1.82, 2.24) is 10.6 Å². The number of para-hydroxylation sites is 1. The van der Waals surface area contributed by atoms with Gasteiger partial charge in [0.05, 0.1) is 6.04 Å². The third-order valence-electron chi connectivity index (χ3n) is 2.54. The topological polar surface area (TPSA) is 70.6 Å². The highest BCUT2D eigenvalue weighted by Gasteiger charge is 2.08. The van der Waals surface area contributed by atoms with Crippen molar-refractivity contribution >= 4 is 6.03 Å². The second-order valence-corrected chi connectivity index (χ2v) is 4.67. The fourth-order valence-corrected chi connectivity index (χ4v) is 1.39. The lowest BCUT2D eigenvalue weighted by atomic mass is 10.2. The zero-order valence-corrected chi connectivity index (χ0v) is 11.4. The molecule has 1 aromatic rings. The van der Waals surface area contributed by atoms with Gasteiger partial charge in [-0.1, -0.05) is 25.1 Å². The molecule has 5 nitrogen and oxygen atoms in total. The minimum Gasteiger partial charge on any atom is -0.491 e. The molecule has 0 aliphatic heterocycles. The average molecular weight is 266 g/mol. The van der Waals surface area contributed by atoms with E-state index in [0.717, 1.165) is 5.75 Å². The number of nitrogens with one attached hydrogen (secondary N) is 2. The third-order valence-corrected chi connectivity index (χ3v) is 2.54. The highest BCUT2D eigenvalue weighted by Crippen LogP contribution is 2.08. The van der Waals surface area contributed by atoms with Crippen molar-refractivity contribution < 1.29 is 14.6 Å². The van der Waals surface area contributed by atoms with Gasteiger partial charge in [-0.05, 0) is 25.0 Å². The molecule has 0 radical (unpaired) electrons. The summed E-state index contributed by atoms with van der Waals surface area (Å²) in [6, 6.07) is 9.12. The van der Waals surface area contributed by atoms with E-state index in [1.807, 2.05) is 44.2 Å². The largest absolute Gasteiger partial charge is 0.491 e. The molecule has 0 saturated heterocycles. The summed E-state index contributed by atoms with van der Waals surface area (Å²) in [4.78, 5) is 11.5. The van der Waals surface area contributed by atoms with E-state index in [-0.39, 0.29) is 24.6 Å². The fraction of sp³-hybridized carbons (Fsp3) is 0.500. The first-order valence-electron chi connectivity index (χ1n) is 6.45. The molecular weight excluding hydrogens is 244 g/mol. The predicted molar refractivity (Wildman–Crippen MR) is 74.2 cm³/mol. The molecule has 0 aromatic heterocycles. The molecule has 0 unspecified atom stereocenters. The number of ether oxygens (including phenoxy) is 1. The monoisotopic (exact) mass is 266 g/mol.